The second-order valence-corrected chi connectivity index (χ2v) is 5.23. The zero-order chi connectivity index (χ0) is 14.1. The Morgan fingerprint density at radius 2 is 2.10 bits per heavy atom. The van der Waals surface area contributed by atoms with Crippen LogP contribution in [-0.4, -0.2) is 41.6 Å². The van der Waals surface area contributed by atoms with E-state index in [0.717, 1.165) is 23.9 Å². The maximum atomic E-state index is 12.6. The summed E-state index contributed by atoms with van der Waals surface area (Å²) < 4.78 is 0. The molecule has 1 heterocycles. The van der Waals surface area contributed by atoms with Crippen molar-refractivity contribution in [3.8, 4) is 5.75 Å². The first-order valence-corrected chi connectivity index (χ1v) is 6.91. The third-order valence-electron chi connectivity index (χ3n) is 3.89. The number of aromatic hydroxyl groups is 1. The first-order valence-electron chi connectivity index (χ1n) is 6.91. The van der Waals surface area contributed by atoms with Gasteiger partial charge in [0.15, 0.2) is 0 Å². The van der Waals surface area contributed by atoms with Gasteiger partial charge < -0.3 is 15.3 Å². The number of nitrogens with zero attached hydrogens (tertiary/aromatic N) is 1. The molecule has 1 amide bonds. The predicted molar refractivity (Wildman–Crippen MR) is 79.0 cm³/mol. The van der Waals surface area contributed by atoms with E-state index in [4.69, 9.17) is 0 Å². The molecule has 1 aliphatic heterocycles. The Kier molecular flexibility index (Phi) is 3.32. The van der Waals surface area contributed by atoms with Crippen molar-refractivity contribution in [1.29, 1.82) is 0 Å². The summed E-state index contributed by atoms with van der Waals surface area (Å²) in [5.74, 6) is -0.0129. The summed E-state index contributed by atoms with van der Waals surface area (Å²) in [4.78, 5) is 14.4. The Hall–Kier alpha value is -2.07. The molecule has 0 spiro atoms. The molecule has 0 aromatic heterocycles. The lowest BCUT2D eigenvalue weighted by Gasteiger charge is -2.34. The summed E-state index contributed by atoms with van der Waals surface area (Å²) in [6.07, 6.45) is 0. The molecule has 3 rings (SSSR count). The number of rotatable bonds is 1. The van der Waals surface area contributed by atoms with Crippen molar-refractivity contribution >= 4 is 16.7 Å². The van der Waals surface area contributed by atoms with Crippen LogP contribution in [0.15, 0.2) is 36.4 Å². The van der Waals surface area contributed by atoms with E-state index >= 15 is 0 Å². The monoisotopic (exact) mass is 270 g/mol. The summed E-state index contributed by atoms with van der Waals surface area (Å²) >= 11 is 0. The Bertz CT molecular complexity index is 654. The van der Waals surface area contributed by atoms with Gasteiger partial charge in [0.2, 0.25) is 0 Å². The van der Waals surface area contributed by atoms with Crippen LogP contribution in [0.2, 0.25) is 0 Å². The van der Waals surface area contributed by atoms with Crippen molar-refractivity contribution in [2.24, 2.45) is 0 Å². The Morgan fingerprint density at radius 1 is 1.30 bits per heavy atom. The largest absolute Gasteiger partial charge is 0.506 e. The lowest BCUT2D eigenvalue weighted by molar-refractivity contribution is 0.0653. The minimum Gasteiger partial charge on any atom is -0.506 e. The van der Waals surface area contributed by atoms with E-state index in [1.54, 1.807) is 6.07 Å². The van der Waals surface area contributed by atoms with Crippen LogP contribution in [0, 0.1) is 0 Å². The molecule has 1 atom stereocenters. The van der Waals surface area contributed by atoms with Crippen molar-refractivity contribution in [3.05, 3.63) is 42.0 Å². The highest BCUT2D eigenvalue weighted by molar-refractivity contribution is 6.03. The van der Waals surface area contributed by atoms with Gasteiger partial charge in [0.1, 0.15) is 5.75 Å². The van der Waals surface area contributed by atoms with E-state index in [9.17, 15) is 9.90 Å². The molecular formula is C16H18N2O2. The van der Waals surface area contributed by atoms with Gasteiger partial charge in [0, 0.05) is 31.1 Å². The van der Waals surface area contributed by atoms with E-state index in [-0.39, 0.29) is 17.7 Å². The van der Waals surface area contributed by atoms with Crippen molar-refractivity contribution in [3.63, 3.8) is 0 Å². The van der Waals surface area contributed by atoms with Gasteiger partial charge in [-0.15, -0.1) is 0 Å². The third kappa shape index (κ3) is 2.12. The highest BCUT2D eigenvalue weighted by atomic mass is 16.3. The zero-order valence-electron chi connectivity index (χ0n) is 11.5. The Morgan fingerprint density at radius 3 is 2.90 bits per heavy atom. The molecule has 1 saturated heterocycles. The zero-order valence-corrected chi connectivity index (χ0v) is 11.5. The topological polar surface area (TPSA) is 52.6 Å². The van der Waals surface area contributed by atoms with Crippen molar-refractivity contribution in [2.75, 3.05) is 19.6 Å². The van der Waals surface area contributed by atoms with E-state index in [1.807, 2.05) is 42.2 Å². The van der Waals surface area contributed by atoms with Gasteiger partial charge >= 0.3 is 0 Å². The molecule has 0 aliphatic carbocycles. The quantitative estimate of drug-likeness (QED) is 0.833. The molecule has 2 aromatic carbocycles. The lowest BCUT2D eigenvalue weighted by atomic mass is 10.0. The molecular weight excluding hydrogens is 252 g/mol. The lowest BCUT2D eigenvalue weighted by Crippen LogP contribution is -2.52. The Balaban J connectivity index is 2.01. The first-order chi connectivity index (χ1) is 9.68. The summed E-state index contributed by atoms with van der Waals surface area (Å²) in [5, 5.41) is 15.3. The molecule has 1 fully saturated rings. The number of phenols is 1. The van der Waals surface area contributed by atoms with Gasteiger partial charge in [-0.2, -0.15) is 0 Å². The number of fused-ring (bicyclic) bond motifs is 1. The number of benzene rings is 2. The van der Waals surface area contributed by atoms with Crippen LogP contribution in [-0.2, 0) is 0 Å². The molecule has 0 unspecified atom stereocenters. The SMILES string of the molecule is C[C@H]1CNCCN1C(=O)c1ccc2ccccc2c1O. The predicted octanol–water partition coefficient (Wildman–Crippen LogP) is 1.98. The fraction of sp³-hybridized carbons (Fsp3) is 0.312. The number of nitrogens with one attached hydrogen (secondary N) is 1. The van der Waals surface area contributed by atoms with E-state index in [2.05, 4.69) is 5.32 Å². The average molecular weight is 270 g/mol. The fourth-order valence-corrected chi connectivity index (χ4v) is 2.73. The van der Waals surface area contributed by atoms with Crippen LogP contribution in [0.25, 0.3) is 10.8 Å². The maximum Gasteiger partial charge on any atom is 0.257 e. The number of piperazine rings is 1. The maximum absolute atomic E-state index is 12.6. The summed E-state index contributed by atoms with van der Waals surface area (Å²) in [6, 6.07) is 11.3. The van der Waals surface area contributed by atoms with Crippen LogP contribution in [0.4, 0.5) is 0 Å². The second-order valence-electron chi connectivity index (χ2n) is 5.23. The minimum atomic E-state index is -0.0951. The van der Waals surface area contributed by atoms with Crippen molar-refractivity contribution < 1.29 is 9.90 Å². The molecule has 104 valence electrons. The first kappa shape index (κ1) is 12.9. The number of hydrogen-bond donors (Lipinski definition) is 2. The van der Waals surface area contributed by atoms with Crippen LogP contribution in [0.1, 0.15) is 17.3 Å². The van der Waals surface area contributed by atoms with Crippen LogP contribution in [0.3, 0.4) is 0 Å². The van der Waals surface area contributed by atoms with E-state index in [1.165, 1.54) is 0 Å². The van der Waals surface area contributed by atoms with Crippen LogP contribution >= 0.6 is 0 Å². The molecule has 1 aliphatic rings. The molecule has 2 aromatic rings. The molecule has 4 heteroatoms. The van der Waals surface area contributed by atoms with Gasteiger partial charge in [-0.3, -0.25) is 4.79 Å². The van der Waals surface area contributed by atoms with E-state index < -0.39 is 0 Å². The van der Waals surface area contributed by atoms with Crippen molar-refractivity contribution in [1.82, 2.24) is 10.2 Å². The van der Waals surface area contributed by atoms with Gasteiger partial charge in [-0.1, -0.05) is 30.3 Å². The Labute approximate surface area is 118 Å². The second kappa shape index (κ2) is 5.13. The molecule has 0 bridgehead atoms. The summed E-state index contributed by atoms with van der Waals surface area (Å²) in [6.45, 7) is 4.28. The molecule has 20 heavy (non-hydrogen) atoms. The number of carbonyl (C=O) groups is 1. The van der Waals surface area contributed by atoms with Gasteiger partial charge in [0.05, 0.1) is 5.56 Å². The summed E-state index contributed by atoms with van der Waals surface area (Å²) in [5.41, 5.74) is 0.387. The summed E-state index contributed by atoms with van der Waals surface area (Å²) in [7, 11) is 0. The fourth-order valence-electron chi connectivity index (χ4n) is 2.73. The third-order valence-corrected chi connectivity index (χ3v) is 3.89. The smallest absolute Gasteiger partial charge is 0.257 e. The normalized spacial score (nSPS) is 19.2. The van der Waals surface area contributed by atoms with E-state index in [0.29, 0.717) is 12.1 Å². The molecule has 2 N–H and O–H groups in total. The number of phenolic OH excluding ortho intramolecular Hbond substituents is 1. The average Bonchev–Trinajstić information content (AvgIpc) is 2.48. The molecule has 0 radical (unpaired) electrons. The van der Waals surface area contributed by atoms with Crippen LogP contribution in [0.5, 0.6) is 5.75 Å². The molecule has 4 nitrogen and oxygen atoms in total. The highest BCUT2D eigenvalue weighted by Gasteiger charge is 2.26. The number of amides is 1. The number of carbonyl (C=O) groups excluding carboxylic acids is 1. The van der Waals surface area contributed by atoms with Crippen LogP contribution < -0.4 is 5.32 Å². The standard InChI is InChI=1S/C16H18N2O2/c1-11-10-17-8-9-18(11)16(20)14-7-6-12-4-2-3-5-13(12)15(14)19/h2-7,11,17,19H,8-10H2,1H3/t11-/m0/s1. The highest BCUT2D eigenvalue weighted by Crippen LogP contribution is 2.29. The van der Waals surface area contributed by atoms with Gasteiger partial charge in [-0.25, -0.2) is 0 Å². The minimum absolute atomic E-state index is 0.0823. The molecule has 0 saturated carbocycles. The van der Waals surface area contributed by atoms with Crippen molar-refractivity contribution in [2.45, 2.75) is 13.0 Å². The van der Waals surface area contributed by atoms with Gasteiger partial charge in [-0.05, 0) is 18.4 Å². The number of hydrogen-bond acceptors (Lipinski definition) is 3. The van der Waals surface area contributed by atoms with Gasteiger partial charge in [0.25, 0.3) is 5.91 Å².